The summed E-state index contributed by atoms with van der Waals surface area (Å²) in [4.78, 5) is 0. The minimum absolute atomic E-state index is 0.543. The van der Waals surface area contributed by atoms with Crippen molar-refractivity contribution in [2.24, 2.45) is 5.73 Å². The van der Waals surface area contributed by atoms with Crippen molar-refractivity contribution in [3.8, 4) is 0 Å². The summed E-state index contributed by atoms with van der Waals surface area (Å²) in [6.45, 7) is 0. The molecule has 1 rings (SSSR count). The third-order valence-electron chi connectivity index (χ3n) is 1.50. The van der Waals surface area contributed by atoms with Crippen molar-refractivity contribution in [2.45, 2.75) is 0 Å². The van der Waals surface area contributed by atoms with Gasteiger partial charge in [0, 0.05) is 5.69 Å². The summed E-state index contributed by atoms with van der Waals surface area (Å²) in [5, 5.41) is 0. The number of hydrogen-bond donors (Lipinski definition) is 2. The van der Waals surface area contributed by atoms with Crippen molar-refractivity contribution in [3.05, 3.63) is 36.0 Å². The second kappa shape index (κ2) is 4.15. The van der Waals surface area contributed by atoms with E-state index in [0.29, 0.717) is 5.69 Å². The van der Waals surface area contributed by atoms with Crippen molar-refractivity contribution in [1.82, 2.24) is 0 Å². The van der Waals surface area contributed by atoms with E-state index in [2.05, 4.69) is 4.72 Å². The Labute approximate surface area is 83.5 Å². The molecule has 3 N–H and O–H groups in total. The Kier molecular flexibility index (Phi) is 3.14. The molecular weight excluding hydrogens is 200 g/mol. The first-order chi connectivity index (χ1) is 6.51. The normalized spacial score (nSPS) is 11.8. The van der Waals surface area contributed by atoms with Crippen LogP contribution in [-0.4, -0.2) is 14.7 Å². The highest BCUT2D eigenvalue weighted by Crippen LogP contribution is 2.11. The molecule has 1 aromatic rings. The molecule has 4 nitrogen and oxygen atoms in total. The van der Waals surface area contributed by atoms with Gasteiger partial charge >= 0.3 is 0 Å². The third-order valence-corrected chi connectivity index (χ3v) is 2.11. The van der Waals surface area contributed by atoms with Crippen LogP contribution < -0.4 is 10.5 Å². The Morgan fingerprint density at radius 2 is 1.86 bits per heavy atom. The number of hydrogen-bond acceptors (Lipinski definition) is 3. The van der Waals surface area contributed by atoms with Gasteiger partial charge in [0.1, 0.15) is 0 Å². The average molecular weight is 212 g/mol. The van der Waals surface area contributed by atoms with Gasteiger partial charge < -0.3 is 5.73 Å². The summed E-state index contributed by atoms with van der Waals surface area (Å²) >= 11 is 0. The van der Waals surface area contributed by atoms with E-state index in [1.165, 1.54) is 6.20 Å². The van der Waals surface area contributed by atoms with E-state index in [1.54, 1.807) is 30.3 Å². The van der Waals surface area contributed by atoms with E-state index in [-0.39, 0.29) is 0 Å². The van der Waals surface area contributed by atoms with E-state index in [9.17, 15) is 8.42 Å². The lowest BCUT2D eigenvalue weighted by Gasteiger charge is -2.03. The smallest absolute Gasteiger partial charge is 0.229 e. The number of benzene rings is 1. The number of nitrogens with two attached hydrogens (primary N) is 1. The largest absolute Gasteiger partial charge is 0.405 e. The fourth-order valence-corrected chi connectivity index (χ4v) is 1.55. The van der Waals surface area contributed by atoms with Crippen LogP contribution in [0.1, 0.15) is 5.56 Å². The first-order valence-electron chi connectivity index (χ1n) is 3.97. The zero-order valence-corrected chi connectivity index (χ0v) is 8.58. The van der Waals surface area contributed by atoms with E-state index >= 15 is 0 Å². The van der Waals surface area contributed by atoms with E-state index in [4.69, 9.17) is 5.73 Å². The van der Waals surface area contributed by atoms with Crippen LogP contribution in [0.2, 0.25) is 0 Å². The Morgan fingerprint density at radius 3 is 2.29 bits per heavy atom. The molecule has 0 saturated carbocycles. The molecule has 0 aliphatic carbocycles. The summed E-state index contributed by atoms with van der Waals surface area (Å²) in [7, 11) is -3.20. The summed E-state index contributed by atoms with van der Waals surface area (Å²) in [5.41, 5.74) is 6.67. The molecule has 1 aromatic carbocycles. The molecule has 0 unspecified atom stereocenters. The second-order valence-corrected chi connectivity index (χ2v) is 4.60. The maximum atomic E-state index is 10.9. The summed E-state index contributed by atoms with van der Waals surface area (Å²) in [5.74, 6) is 0. The van der Waals surface area contributed by atoms with Crippen molar-refractivity contribution >= 4 is 21.8 Å². The number of nitrogens with one attached hydrogen (secondary N) is 1. The first-order valence-corrected chi connectivity index (χ1v) is 5.86. The highest BCUT2D eigenvalue weighted by atomic mass is 32.2. The average Bonchev–Trinajstić information content (AvgIpc) is 2.06. The van der Waals surface area contributed by atoms with Gasteiger partial charge in [-0.15, -0.1) is 0 Å². The minimum Gasteiger partial charge on any atom is -0.405 e. The maximum Gasteiger partial charge on any atom is 0.229 e. The van der Waals surface area contributed by atoms with Gasteiger partial charge in [0.2, 0.25) is 10.0 Å². The molecule has 0 aliphatic heterocycles. The van der Waals surface area contributed by atoms with Gasteiger partial charge in [-0.2, -0.15) is 0 Å². The predicted molar refractivity (Wildman–Crippen MR) is 58.1 cm³/mol. The Bertz CT molecular complexity index is 421. The van der Waals surface area contributed by atoms with Crippen molar-refractivity contribution in [2.75, 3.05) is 11.0 Å². The fraction of sp³-hybridized carbons (Fsp3) is 0.111. The van der Waals surface area contributed by atoms with Crippen LogP contribution in [0.15, 0.2) is 30.5 Å². The van der Waals surface area contributed by atoms with Crippen LogP contribution in [-0.2, 0) is 10.0 Å². The second-order valence-electron chi connectivity index (χ2n) is 2.86. The molecule has 0 fully saturated rings. The SMILES string of the molecule is CS(=O)(=O)Nc1ccc(C=CN)cc1. The monoisotopic (exact) mass is 212 g/mol. The number of rotatable bonds is 3. The highest BCUT2D eigenvalue weighted by molar-refractivity contribution is 7.92. The van der Waals surface area contributed by atoms with Crippen LogP contribution in [0.4, 0.5) is 5.69 Å². The lowest BCUT2D eigenvalue weighted by atomic mass is 10.2. The fourth-order valence-electron chi connectivity index (χ4n) is 0.987. The number of anilines is 1. The van der Waals surface area contributed by atoms with Crippen LogP contribution in [0.5, 0.6) is 0 Å². The molecule has 0 aliphatic rings. The lowest BCUT2D eigenvalue weighted by Crippen LogP contribution is -2.09. The Balaban J connectivity index is 2.84. The molecular formula is C9H12N2O2S. The zero-order chi connectivity index (χ0) is 10.6. The van der Waals surface area contributed by atoms with E-state index in [1.807, 2.05) is 0 Å². The Morgan fingerprint density at radius 1 is 1.29 bits per heavy atom. The topological polar surface area (TPSA) is 72.2 Å². The van der Waals surface area contributed by atoms with Gasteiger partial charge in [0.05, 0.1) is 6.26 Å². The quantitative estimate of drug-likeness (QED) is 0.784. The number of sulfonamides is 1. The zero-order valence-electron chi connectivity index (χ0n) is 7.77. The van der Waals surface area contributed by atoms with Crippen LogP contribution in [0, 0.1) is 0 Å². The van der Waals surface area contributed by atoms with Gasteiger partial charge in [0.25, 0.3) is 0 Å². The Hall–Kier alpha value is -1.49. The lowest BCUT2D eigenvalue weighted by molar-refractivity contribution is 0.607. The highest BCUT2D eigenvalue weighted by Gasteiger charge is 2.00. The molecule has 0 bridgehead atoms. The molecule has 0 aromatic heterocycles. The third kappa shape index (κ3) is 3.49. The van der Waals surface area contributed by atoms with Crippen molar-refractivity contribution in [1.29, 1.82) is 0 Å². The predicted octanol–water partition coefficient (Wildman–Crippen LogP) is 0.988. The van der Waals surface area contributed by atoms with Crippen LogP contribution in [0.25, 0.3) is 6.08 Å². The minimum atomic E-state index is -3.20. The molecule has 76 valence electrons. The molecule has 0 amide bonds. The summed E-state index contributed by atoms with van der Waals surface area (Å²) in [6.07, 6.45) is 4.27. The molecule has 0 heterocycles. The molecule has 0 spiro atoms. The van der Waals surface area contributed by atoms with E-state index < -0.39 is 10.0 Å². The van der Waals surface area contributed by atoms with Crippen LogP contribution >= 0.6 is 0 Å². The first kappa shape index (κ1) is 10.6. The van der Waals surface area contributed by atoms with Gasteiger partial charge in [0.15, 0.2) is 0 Å². The standard InChI is InChI=1S/C9H12N2O2S/c1-14(12,13)11-9-4-2-8(3-5-9)6-7-10/h2-7,11H,10H2,1H3. The van der Waals surface area contributed by atoms with Crippen molar-refractivity contribution < 1.29 is 8.42 Å². The van der Waals surface area contributed by atoms with Crippen molar-refractivity contribution in [3.63, 3.8) is 0 Å². The molecule has 0 saturated heterocycles. The molecule has 0 radical (unpaired) electrons. The van der Waals surface area contributed by atoms with E-state index in [0.717, 1.165) is 11.8 Å². The van der Waals surface area contributed by atoms with Gasteiger partial charge in [-0.1, -0.05) is 12.1 Å². The van der Waals surface area contributed by atoms with Gasteiger partial charge in [-0.3, -0.25) is 4.72 Å². The maximum absolute atomic E-state index is 10.9. The molecule has 14 heavy (non-hydrogen) atoms. The van der Waals surface area contributed by atoms with Gasteiger partial charge in [-0.25, -0.2) is 8.42 Å². The molecule has 0 atom stereocenters. The van der Waals surface area contributed by atoms with Crippen LogP contribution in [0.3, 0.4) is 0 Å². The summed E-state index contributed by atoms with van der Waals surface area (Å²) in [6, 6.07) is 6.90. The van der Waals surface area contributed by atoms with Gasteiger partial charge in [-0.05, 0) is 30.0 Å². The molecule has 5 heteroatoms. The summed E-state index contributed by atoms with van der Waals surface area (Å²) < 4.78 is 24.1.